The maximum absolute atomic E-state index is 13.2. The zero-order chi connectivity index (χ0) is 17.6. The molecule has 2 aliphatic rings. The highest BCUT2D eigenvalue weighted by atomic mass is 79.9. The topological polar surface area (TPSA) is 58.6 Å². The molecule has 0 radical (unpaired) electrons. The Morgan fingerprint density at radius 2 is 2.20 bits per heavy atom. The highest BCUT2D eigenvalue weighted by Gasteiger charge is 2.54. The van der Waals surface area contributed by atoms with Crippen LogP contribution in [0.2, 0.25) is 0 Å². The van der Waals surface area contributed by atoms with E-state index < -0.39 is 5.54 Å². The molecule has 1 fully saturated rings. The summed E-state index contributed by atoms with van der Waals surface area (Å²) in [6.07, 6.45) is 2.51. The van der Waals surface area contributed by atoms with Crippen LogP contribution in [-0.2, 0) is 23.3 Å². The lowest BCUT2D eigenvalue weighted by molar-refractivity contribution is -0.132. The van der Waals surface area contributed by atoms with Crippen LogP contribution >= 0.6 is 27.3 Å². The SMILES string of the molecule is COc1ccc(Br)cc1CN1C(=O)NC2(CCCc3sccc32)C1=O. The molecule has 2 heterocycles. The number of aryl methyl sites for hydroxylation is 1. The summed E-state index contributed by atoms with van der Waals surface area (Å²) >= 11 is 5.09. The predicted molar refractivity (Wildman–Crippen MR) is 98.7 cm³/mol. The molecule has 1 spiro atoms. The quantitative estimate of drug-likeness (QED) is 0.768. The summed E-state index contributed by atoms with van der Waals surface area (Å²) < 4.78 is 6.25. The average Bonchev–Trinajstić information content (AvgIpc) is 3.16. The van der Waals surface area contributed by atoms with E-state index in [-0.39, 0.29) is 18.5 Å². The van der Waals surface area contributed by atoms with Crippen LogP contribution in [-0.4, -0.2) is 23.9 Å². The molecule has 2 aromatic rings. The van der Waals surface area contributed by atoms with Crippen molar-refractivity contribution in [3.63, 3.8) is 0 Å². The van der Waals surface area contributed by atoms with Gasteiger partial charge in [0.05, 0.1) is 13.7 Å². The third-order valence-electron chi connectivity index (χ3n) is 4.91. The Bertz CT molecular complexity index is 866. The van der Waals surface area contributed by atoms with Crippen molar-refractivity contribution < 1.29 is 14.3 Å². The number of amides is 3. The van der Waals surface area contributed by atoms with Gasteiger partial charge in [-0.3, -0.25) is 9.69 Å². The van der Waals surface area contributed by atoms with Gasteiger partial charge in [-0.1, -0.05) is 15.9 Å². The lowest BCUT2D eigenvalue weighted by Gasteiger charge is -2.31. The van der Waals surface area contributed by atoms with E-state index in [0.29, 0.717) is 12.2 Å². The van der Waals surface area contributed by atoms with Crippen molar-refractivity contribution >= 4 is 39.2 Å². The molecule has 4 rings (SSSR count). The first-order valence-corrected chi connectivity index (χ1v) is 9.76. The summed E-state index contributed by atoms with van der Waals surface area (Å²) in [5, 5.41) is 4.97. The van der Waals surface area contributed by atoms with Crippen LogP contribution in [0.15, 0.2) is 34.1 Å². The Morgan fingerprint density at radius 1 is 1.36 bits per heavy atom. The number of nitrogens with zero attached hydrogens (tertiary/aromatic N) is 1. The van der Waals surface area contributed by atoms with E-state index in [1.807, 2.05) is 29.6 Å². The number of urea groups is 1. The van der Waals surface area contributed by atoms with E-state index in [9.17, 15) is 9.59 Å². The summed E-state index contributed by atoms with van der Waals surface area (Å²) in [6, 6.07) is 7.20. The fraction of sp³-hybridized carbons (Fsp3) is 0.333. The molecule has 1 aliphatic heterocycles. The Kier molecular flexibility index (Phi) is 4.08. The van der Waals surface area contributed by atoms with E-state index in [0.717, 1.165) is 28.4 Å². The van der Waals surface area contributed by atoms with Crippen molar-refractivity contribution in [3.05, 3.63) is 50.1 Å². The molecule has 1 aromatic carbocycles. The third-order valence-corrected chi connectivity index (χ3v) is 6.38. The molecule has 130 valence electrons. The van der Waals surface area contributed by atoms with Crippen molar-refractivity contribution in [2.24, 2.45) is 0 Å². The number of ether oxygens (including phenoxy) is 1. The Morgan fingerprint density at radius 3 is 3.00 bits per heavy atom. The number of fused-ring (bicyclic) bond motifs is 2. The minimum atomic E-state index is -0.899. The van der Waals surface area contributed by atoms with E-state index in [1.54, 1.807) is 18.4 Å². The van der Waals surface area contributed by atoms with Gasteiger partial charge in [0.15, 0.2) is 0 Å². The molecular formula is C18H17BrN2O3S. The van der Waals surface area contributed by atoms with E-state index in [4.69, 9.17) is 4.74 Å². The lowest BCUT2D eigenvalue weighted by Crippen LogP contribution is -2.46. The second kappa shape index (κ2) is 6.14. The number of thiophene rings is 1. The van der Waals surface area contributed by atoms with Crippen molar-refractivity contribution in [1.29, 1.82) is 0 Å². The number of hydrogen-bond donors (Lipinski definition) is 1. The summed E-state index contributed by atoms with van der Waals surface area (Å²) in [7, 11) is 1.58. The first-order chi connectivity index (χ1) is 12.0. The summed E-state index contributed by atoms with van der Waals surface area (Å²) in [5.41, 5.74) is 0.855. The second-order valence-corrected chi connectivity index (χ2v) is 8.21. The highest BCUT2D eigenvalue weighted by molar-refractivity contribution is 9.10. The molecule has 0 saturated carbocycles. The minimum absolute atomic E-state index is 0.168. The van der Waals surface area contributed by atoms with Crippen LogP contribution in [0.3, 0.4) is 0 Å². The number of methoxy groups -OCH3 is 1. The molecule has 0 bridgehead atoms. The van der Waals surface area contributed by atoms with Crippen LogP contribution < -0.4 is 10.1 Å². The molecule has 1 unspecified atom stereocenters. The fourth-order valence-corrected chi connectivity index (χ4v) is 5.13. The zero-order valence-electron chi connectivity index (χ0n) is 13.7. The van der Waals surface area contributed by atoms with E-state index in [1.165, 1.54) is 9.78 Å². The average molecular weight is 421 g/mol. The number of hydrogen-bond acceptors (Lipinski definition) is 4. The van der Waals surface area contributed by atoms with E-state index >= 15 is 0 Å². The first-order valence-electron chi connectivity index (χ1n) is 8.08. The minimum Gasteiger partial charge on any atom is -0.496 e. The van der Waals surface area contributed by atoms with Crippen LogP contribution in [0.25, 0.3) is 0 Å². The largest absolute Gasteiger partial charge is 0.496 e. The van der Waals surface area contributed by atoms with Crippen LogP contribution in [0.4, 0.5) is 4.79 Å². The van der Waals surface area contributed by atoms with Gasteiger partial charge < -0.3 is 10.1 Å². The molecular weight excluding hydrogens is 404 g/mol. The molecule has 25 heavy (non-hydrogen) atoms. The number of rotatable bonds is 3. The molecule has 1 atom stereocenters. The maximum atomic E-state index is 13.2. The second-order valence-electron chi connectivity index (χ2n) is 6.29. The Hall–Kier alpha value is -1.86. The fourth-order valence-electron chi connectivity index (χ4n) is 3.73. The molecule has 7 heteroatoms. The van der Waals surface area contributed by atoms with Gasteiger partial charge in [0.25, 0.3) is 5.91 Å². The molecule has 3 amide bonds. The smallest absolute Gasteiger partial charge is 0.325 e. The molecule has 1 aliphatic carbocycles. The van der Waals surface area contributed by atoms with Crippen LogP contribution in [0, 0.1) is 0 Å². The number of nitrogens with one attached hydrogen (secondary N) is 1. The maximum Gasteiger partial charge on any atom is 0.325 e. The number of carbonyl (C=O) groups excluding carboxylic acids is 2. The number of carbonyl (C=O) groups is 2. The molecule has 1 saturated heterocycles. The van der Waals surface area contributed by atoms with Gasteiger partial charge >= 0.3 is 6.03 Å². The van der Waals surface area contributed by atoms with Crippen molar-refractivity contribution in [3.8, 4) is 5.75 Å². The summed E-state index contributed by atoms with van der Waals surface area (Å²) in [4.78, 5) is 28.4. The number of imide groups is 1. The van der Waals surface area contributed by atoms with Gasteiger partial charge in [-0.2, -0.15) is 0 Å². The summed E-state index contributed by atoms with van der Waals surface area (Å²) in [5.74, 6) is 0.489. The van der Waals surface area contributed by atoms with Gasteiger partial charge in [0.2, 0.25) is 0 Å². The zero-order valence-corrected chi connectivity index (χ0v) is 16.1. The first kappa shape index (κ1) is 16.6. The van der Waals surface area contributed by atoms with Gasteiger partial charge in [-0.15, -0.1) is 11.3 Å². The van der Waals surface area contributed by atoms with Gasteiger partial charge in [0.1, 0.15) is 11.3 Å². The van der Waals surface area contributed by atoms with Gasteiger partial charge in [-0.05, 0) is 48.9 Å². The van der Waals surface area contributed by atoms with Gasteiger partial charge in [0, 0.05) is 20.5 Å². The van der Waals surface area contributed by atoms with Crippen molar-refractivity contribution in [2.75, 3.05) is 7.11 Å². The third kappa shape index (κ3) is 2.57. The predicted octanol–water partition coefficient (Wildman–Crippen LogP) is 3.80. The Labute approximate surface area is 158 Å². The summed E-state index contributed by atoms with van der Waals surface area (Å²) in [6.45, 7) is 0.189. The highest BCUT2D eigenvalue weighted by Crippen LogP contribution is 2.42. The van der Waals surface area contributed by atoms with Gasteiger partial charge in [-0.25, -0.2) is 4.79 Å². The number of halogens is 1. The monoisotopic (exact) mass is 420 g/mol. The lowest BCUT2D eigenvalue weighted by atomic mass is 9.80. The molecule has 1 aromatic heterocycles. The van der Waals surface area contributed by atoms with Crippen LogP contribution in [0.5, 0.6) is 5.75 Å². The number of benzene rings is 1. The van der Waals surface area contributed by atoms with Crippen molar-refractivity contribution in [1.82, 2.24) is 10.2 Å². The van der Waals surface area contributed by atoms with E-state index in [2.05, 4.69) is 21.2 Å². The van der Waals surface area contributed by atoms with Crippen molar-refractivity contribution in [2.45, 2.75) is 31.3 Å². The van der Waals surface area contributed by atoms with Crippen LogP contribution in [0.1, 0.15) is 28.8 Å². The molecule has 1 N–H and O–H groups in total. The standard InChI is InChI=1S/C18H17BrN2O3S/c1-24-14-5-4-12(19)9-11(14)10-21-16(22)18(20-17(21)23)7-2-3-15-13(18)6-8-25-15/h4-6,8-9H,2-3,7,10H2,1H3,(H,20,23). The Balaban J connectivity index is 1.69. The normalized spacial score (nSPS) is 22.2. The molecule has 5 nitrogen and oxygen atoms in total.